The maximum atomic E-state index is 4.87. The first-order valence-electron chi connectivity index (χ1n) is 14.6. The zero-order chi connectivity index (χ0) is 25.0. The zero-order valence-electron chi connectivity index (χ0n) is 22.6. The molecule has 0 atom stereocenters. The van der Waals surface area contributed by atoms with Crippen LogP contribution in [0.25, 0.3) is 22.6 Å². The van der Waals surface area contributed by atoms with Gasteiger partial charge in [-0.15, -0.1) is 0 Å². The number of rotatable bonds is 13. The lowest BCUT2D eigenvalue weighted by Crippen LogP contribution is -2.14. The molecule has 1 aliphatic carbocycles. The fourth-order valence-corrected chi connectivity index (χ4v) is 5.78. The molecule has 3 aromatic rings. The quantitative estimate of drug-likeness (QED) is 0.227. The summed E-state index contributed by atoms with van der Waals surface area (Å²) in [5.41, 5.74) is 6.04. The smallest absolute Gasteiger partial charge is 0.160 e. The Hall–Kier alpha value is -2.55. The highest BCUT2D eigenvalue weighted by Gasteiger charge is 2.24. The summed E-state index contributed by atoms with van der Waals surface area (Å²) in [5, 5.41) is 0. The Labute approximate surface area is 219 Å². The van der Waals surface area contributed by atoms with E-state index in [-0.39, 0.29) is 0 Å². The Balaban J connectivity index is 1.37. The van der Waals surface area contributed by atoms with E-state index >= 15 is 0 Å². The summed E-state index contributed by atoms with van der Waals surface area (Å²) in [6, 6.07) is 13.2. The van der Waals surface area contributed by atoms with Crippen LogP contribution in [-0.4, -0.2) is 15.0 Å². The standard InChI is InChI=1S/C33H45N3/c1-3-5-7-8-10-14-27-23-35-33(36-24-27)29-21-22-32(34-25-29)31-16-12-11-15-30(31)28-19-17-26(18-20-28)13-9-6-4-2/h11-12,15-16,21-26,28H,3-10,13-14,17-20H2,1-2H3. The molecule has 1 aromatic carbocycles. The van der Waals surface area contributed by atoms with Crippen molar-refractivity contribution in [3.63, 3.8) is 0 Å². The zero-order valence-corrected chi connectivity index (χ0v) is 22.6. The highest BCUT2D eigenvalue weighted by atomic mass is 14.9. The van der Waals surface area contributed by atoms with Gasteiger partial charge in [0.05, 0.1) is 5.69 Å². The summed E-state index contributed by atoms with van der Waals surface area (Å²) >= 11 is 0. The van der Waals surface area contributed by atoms with Crippen LogP contribution in [0.1, 0.15) is 114 Å². The van der Waals surface area contributed by atoms with Crippen LogP contribution in [0.4, 0.5) is 0 Å². The number of pyridine rings is 1. The minimum Gasteiger partial charge on any atom is -0.255 e. The van der Waals surface area contributed by atoms with Crippen molar-refractivity contribution in [3.05, 3.63) is 66.1 Å². The molecule has 0 unspecified atom stereocenters. The van der Waals surface area contributed by atoms with Gasteiger partial charge in [-0.05, 0) is 73.6 Å². The van der Waals surface area contributed by atoms with Gasteiger partial charge in [-0.1, -0.05) is 89.5 Å². The number of hydrogen-bond acceptors (Lipinski definition) is 3. The van der Waals surface area contributed by atoms with Crippen molar-refractivity contribution in [2.75, 3.05) is 0 Å². The first kappa shape index (κ1) is 26.5. The Bertz CT molecular complexity index is 1020. The van der Waals surface area contributed by atoms with Crippen LogP contribution in [0.15, 0.2) is 55.0 Å². The summed E-state index contributed by atoms with van der Waals surface area (Å²) in [5.74, 6) is 2.35. The van der Waals surface area contributed by atoms with Gasteiger partial charge in [-0.2, -0.15) is 0 Å². The average molecular weight is 484 g/mol. The Morgan fingerprint density at radius 2 is 1.42 bits per heavy atom. The summed E-state index contributed by atoms with van der Waals surface area (Å²) in [6.07, 6.45) is 24.4. The first-order valence-corrected chi connectivity index (χ1v) is 14.6. The van der Waals surface area contributed by atoms with Crippen molar-refractivity contribution < 1.29 is 0 Å². The molecule has 2 aromatic heterocycles. The van der Waals surface area contributed by atoms with E-state index in [0.717, 1.165) is 29.4 Å². The van der Waals surface area contributed by atoms with Gasteiger partial charge in [-0.25, -0.2) is 9.97 Å². The molecule has 1 fully saturated rings. The van der Waals surface area contributed by atoms with Crippen molar-refractivity contribution in [2.45, 2.75) is 110 Å². The fraction of sp³-hybridized carbons (Fsp3) is 0.545. The van der Waals surface area contributed by atoms with Crippen LogP contribution in [-0.2, 0) is 6.42 Å². The predicted molar refractivity (Wildman–Crippen MR) is 152 cm³/mol. The van der Waals surface area contributed by atoms with Crippen LogP contribution in [0, 0.1) is 5.92 Å². The second kappa shape index (κ2) is 14.3. The third kappa shape index (κ3) is 7.48. The van der Waals surface area contributed by atoms with E-state index in [0.29, 0.717) is 5.92 Å². The van der Waals surface area contributed by atoms with Crippen LogP contribution < -0.4 is 0 Å². The molecular weight excluding hydrogens is 438 g/mol. The van der Waals surface area contributed by atoms with Crippen LogP contribution >= 0.6 is 0 Å². The molecule has 0 N–H and O–H groups in total. The first-order chi connectivity index (χ1) is 17.8. The highest BCUT2D eigenvalue weighted by Crippen LogP contribution is 2.41. The van der Waals surface area contributed by atoms with Gasteiger partial charge in [0.15, 0.2) is 5.82 Å². The molecule has 3 heteroatoms. The second-order valence-corrected chi connectivity index (χ2v) is 10.8. The second-order valence-electron chi connectivity index (χ2n) is 10.8. The number of benzene rings is 1. The number of aromatic nitrogens is 3. The molecule has 0 radical (unpaired) electrons. The predicted octanol–water partition coefficient (Wildman–Crippen LogP) is 9.57. The summed E-state index contributed by atoms with van der Waals surface area (Å²) in [7, 11) is 0. The van der Waals surface area contributed by atoms with Gasteiger partial charge in [0.1, 0.15) is 0 Å². The molecule has 0 amide bonds. The molecule has 1 aliphatic rings. The minimum absolute atomic E-state index is 0.656. The molecule has 36 heavy (non-hydrogen) atoms. The van der Waals surface area contributed by atoms with Crippen molar-refractivity contribution in [3.8, 4) is 22.6 Å². The minimum atomic E-state index is 0.656. The van der Waals surface area contributed by atoms with Crippen molar-refractivity contribution in [2.24, 2.45) is 5.92 Å². The molecule has 3 nitrogen and oxygen atoms in total. The monoisotopic (exact) mass is 483 g/mol. The third-order valence-electron chi connectivity index (χ3n) is 8.04. The maximum Gasteiger partial charge on any atom is 0.160 e. The van der Waals surface area contributed by atoms with Gasteiger partial charge in [0.2, 0.25) is 0 Å². The Kier molecular flexibility index (Phi) is 10.5. The van der Waals surface area contributed by atoms with E-state index in [9.17, 15) is 0 Å². The normalized spacial score (nSPS) is 17.8. The molecule has 192 valence electrons. The third-order valence-corrected chi connectivity index (χ3v) is 8.04. The Morgan fingerprint density at radius 1 is 0.694 bits per heavy atom. The largest absolute Gasteiger partial charge is 0.255 e. The molecule has 0 saturated heterocycles. The maximum absolute atomic E-state index is 4.87. The highest BCUT2D eigenvalue weighted by molar-refractivity contribution is 5.67. The van der Waals surface area contributed by atoms with Crippen molar-refractivity contribution >= 4 is 0 Å². The lowest BCUT2D eigenvalue weighted by Gasteiger charge is -2.30. The molecule has 1 saturated carbocycles. The molecule has 2 heterocycles. The number of unbranched alkanes of at least 4 members (excludes halogenated alkanes) is 6. The molecule has 4 rings (SSSR count). The molecule has 0 bridgehead atoms. The molecule has 0 spiro atoms. The summed E-state index contributed by atoms with van der Waals surface area (Å²) in [6.45, 7) is 4.56. The van der Waals surface area contributed by atoms with Gasteiger partial charge in [-0.3, -0.25) is 4.98 Å². The van der Waals surface area contributed by atoms with E-state index in [1.807, 2.05) is 18.6 Å². The lowest BCUT2D eigenvalue weighted by atomic mass is 9.75. The average Bonchev–Trinajstić information content (AvgIpc) is 2.94. The topological polar surface area (TPSA) is 38.7 Å². The van der Waals surface area contributed by atoms with Gasteiger partial charge in [0, 0.05) is 29.7 Å². The van der Waals surface area contributed by atoms with E-state index < -0.39 is 0 Å². The van der Waals surface area contributed by atoms with E-state index in [1.54, 1.807) is 0 Å². The van der Waals surface area contributed by atoms with Gasteiger partial charge in [0.25, 0.3) is 0 Å². The number of hydrogen-bond donors (Lipinski definition) is 0. The van der Waals surface area contributed by atoms with E-state index in [4.69, 9.17) is 4.98 Å². The summed E-state index contributed by atoms with van der Waals surface area (Å²) < 4.78 is 0. The number of nitrogens with zero attached hydrogens (tertiary/aromatic N) is 3. The fourth-order valence-electron chi connectivity index (χ4n) is 5.78. The van der Waals surface area contributed by atoms with Crippen molar-refractivity contribution in [1.82, 2.24) is 15.0 Å². The van der Waals surface area contributed by atoms with Gasteiger partial charge >= 0.3 is 0 Å². The molecular formula is C33H45N3. The van der Waals surface area contributed by atoms with Crippen LogP contribution in [0.2, 0.25) is 0 Å². The van der Waals surface area contributed by atoms with Crippen molar-refractivity contribution in [1.29, 1.82) is 0 Å². The lowest BCUT2D eigenvalue weighted by molar-refractivity contribution is 0.303. The number of aryl methyl sites for hydroxylation is 1. The van der Waals surface area contributed by atoms with E-state index in [1.165, 1.54) is 100 Å². The van der Waals surface area contributed by atoms with E-state index in [2.05, 4.69) is 60.2 Å². The van der Waals surface area contributed by atoms with Crippen LogP contribution in [0.5, 0.6) is 0 Å². The summed E-state index contributed by atoms with van der Waals surface area (Å²) in [4.78, 5) is 14.1. The SMILES string of the molecule is CCCCCCCc1cnc(-c2ccc(-c3ccccc3C3CCC(CCCCC)CC3)nc2)nc1. The molecule has 0 aliphatic heterocycles. The van der Waals surface area contributed by atoms with Crippen LogP contribution in [0.3, 0.4) is 0 Å². The Morgan fingerprint density at radius 3 is 2.14 bits per heavy atom. The van der Waals surface area contributed by atoms with Gasteiger partial charge < -0.3 is 0 Å².